The summed E-state index contributed by atoms with van der Waals surface area (Å²) in [5.41, 5.74) is 4.11. The highest BCUT2D eigenvalue weighted by Crippen LogP contribution is 2.24. The number of rotatable bonds is 3. The molecule has 1 heterocycles. The van der Waals surface area contributed by atoms with Gasteiger partial charge in [0, 0.05) is 11.1 Å². The van der Waals surface area contributed by atoms with Crippen molar-refractivity contribution in [2.24, 2.45) is 0 Å². The first kappa shape index (κ1) is 15.1. The summed E-state index contributed by atoms with van der Waals surface area (Å²) in [5, 5.41) is 0. The van der Waals surface area contributed by atoms with Gasteiger partial charge in [-0.25, -0.2) is 9.78 Å². The number of hydrogen-bond acceptors (Lipinski definition) is 3. The second-order valence-electron chi connectivity index (χ2n) is 5.68. The van der Waals surface area contributed by atoms with Crippen LogP contribution in [0.5, 0.6) is 0 Å². The molecule has 0 amide bonds. The Balaban J connectivity index is 1.73. The summed E-state index contributed by atoms with van der Waals surface area (Å²) in [5.74, 6) is 0.325. The molecule has 3 nitrogen and oxygen atoms in total. The van der Waals surface area contributed by atoms with Crippen molar-refractivity contribution in [3.05, 3.63) is 101 Å². The molecule has 0 N–H and O–H groups in total. The topological polar surface area (TPSA) is 43.1 Å². The molecule has 0 atom stereocenters. The van der Waals surface area contributed by atoms with Crippen molar-refractivity contribution in [2.45, 2.75) is 0 Å². The summed E-state index contributed by atoms with van der Waals surface area (Å²) in [7, 11) is 0. The van der Waals surface area contributed by atoms with Crippen LogP contribution in [0.3, 0.4) is 0 Å². The van der Waals surface area contributed by atoms with E-state index in [1.54, 1.807) is 0 Å². The van der Waals surface area contributed by atoms with Crippen molar-refractivity contribution in [3.63, 3.8) is 0 Å². The van der Waals surface area contributed by atoms with E-state index in [-0.39, 0.29) is 0 Å². The lowest BCUT2D eigenvalue weighted by atomic mass is 10.0. The molecule has 0 fully saturated rings. The Morgan fingerprint density at radius 1 is 0.600 bits per heavy atom. The molecule has 0 spiro atoms. The molecule has 0 aliphatic carbocycles. The molecule has 3 heteroatoms. The Morgan fingerprint density at radius 2 is 1.12 bits per heavy atom. The summed E-state index contributed by atoms with van der Waals surface area (Å²) < 4.78 is 5.30. The molecule has 1 aromatic heterocycles. The Kier molecular flexibility index (Phi) is 3.97. The quantitative estimate of drug-likeness (QED) is 0.530. The predicted molar refractivity (Wildman–Crippen MR) is 99.1 cm³/mol. The molecular formula is C22H15NO2. The fraction of sp³-hybridized carbons (Fsp3) is 0. The standard InChI is InChI=1S/C22H15NO2/c24-21-15-20(18-9-5-2-6-10-18)23-22(25-21)19-13-11-17(12-14-19)16-7-3-1-4-8-16/h1-15H. The molecule has 4 rings (SSSR count). The van der Waals surface area contributed by atoms with Crippen molar-refractivity contribution < 1.29 is 4.42 Å². The molecule has 0 saturated heterocycles. The molecule has 0 bridgehead atoms. The molecule has 0 radical (unpaired) electrons. The fourth-order valence-corrected chi connectivity index (χ4v) is 2.72. The van der Waals surface area contributed by atoms with Crippen molar-refractivity contribution >= 4 is 0 Å². The van der Waals surface area contributed by atoms with Crippen molar-refractivity contribution in [3.8, 4) is 33.8 Å². The van der Waals surface area contributed by atoms with Gasteiger partial charge in [0.2, 0.25) is 5.89 Å². The second-order valence-corrected chi connectivity index (χ2v) is 5.68. The second kappa shape index (κ2) is 6.57. The SMILES string of the molecule is O=c1cc(-c2ccccc2)nc(-c2ccc(-c3ccccc3)cc2)o1. The van der Waals surface area contributed by atoms with E-state index >= 15 is 0 Å². The third-order valence-corrected chi connectivity index (χ3v) is 3.98. The zero-order chi connectivity index (χ0) is 17.1. The Bertz CT molecular complexity index is 1040. The van der Waals surface area contributed by atoms with Gasteiger partial charge in [-0.3, -0.25) is 0 Å². The molecule has 3 aromatic carbocycles. The maximum absolute atomic E-state index is 11.9. The van der Waals surface area contributed by atoms with E-state index in [9.17, 15) is 4.79 Å². The van der Waals surface area contributed by atoms with Crippen LogP contribution in [0.2, 0.25) is 0 Å². The normalized spacial score (nSPS) is 10.6. The van der Waals surface area contributed by atoms with E-state index in [0.717, 1.165) is 22.3 Å². The van der Waals surface area contributed by atoms with Gasteiger partial charge in [-0.1, -0.05) is 72.8 Å². The molecule has 0 unspecified atom stereocenters. The van der Waals surface area contributed by atoms with Gasteiger partial charge in [0.1, 0.15) is 0 Å². The van der Waals surface area contributed by atoms with Gasteiger partial charge in [0.15, 0.2) is 0 Å². The van der Waals surface area contributed by atoms with E-state index in [4.69, 9.17) is 4.42 Å². The van der Waals surface area contributed by atoms with Crippen LogP contribution in [0.15, 0.2) is 100 Å². The maximum atomic E-state index is 11.9. The van der Waals surface area contributed by atoms with E-state index in [0.29, 0.717) is 11.6 Å². The lowest BCUT2D eigenvalue weighted by Crippen LogP contribution is -2.01. The zero-order valence-electron chi connectivity index (χ0n) is 13.4. The Morgan fingerprint density at radius 3 is 1.76 bits per heavy atom. The summed E-state index contributed by atoms with van der Waals surface area (Å²) in [6.45, 7) is 0. The lowest BCUT2D eigenvalue weighted by Gasteiger charge is -2.05. The van der Waals surface area contributed by atoms with Crippen LogP contribution < -0.4 is 5.63 Å². The first-order valence-electron chi connectivity index (χ1n) is 8.03. The molecule has 120 valence electrons. The highest BCUT2D eigenvalue weighted by molar-refractivity contribution is 5.68. The van der Waals surface area contributed by atoms with Crippen molar-refractivity contribution in [1.82, 2.24) is 4.98 Å². The van der Waals surface area contributed by atoms with Gasteiger partial charge in [-0.15, -0.1) is 0 Å². The summed E-state index contributed by atoms with van der Waals surface area (Å²) >= 11 is 0. The van der Waals surface area contributed by atoms with Crippen LogP contribution in [0.1, 0.15) is 0 Å². The van der Waals surface area contributed by atoms with Crippen LogP contribution in [-0.2, 0) is 0 Å². The molecule has 0 saturated carbocycles. The zero-order valence-corrected chi connectivity index (χ0v) is 13.4. The highest BCUT2D eigenvalue weighted by Gasteiger charge is 2.08. The average Bonchev–Trinajstić information content (AvgIpc) is 2.69. The Hall–Kier alpha value is -3.46. The average molecular weight is 325 g/mol. The van der Waals surface area contributed by atoms with Crippen LogP contribution in [0.25, 0.3) is 33.8 Å². The lowest BCUT2D eigenvalue weighted by molar-refractivity contribution is 0.508. The van der Waals surface area contributed by atoms with Crippen LogP contribution >= 0.6 is 0 Å². The Labute approximate surface area is 145 Å². The predicted octanol–water partition coefficient (Wildman–Crippen LogP) is 5.04. The van der Waals surface area contributed by atoms with Gasteiger partial charge in [0.25, 0.3) is 0 Å². The minimum absolute atomic E-state index is 0.325. The molecule has 25 heavy (non-hydrogen) atoms. The van der Waals surface area contributed by atoms with Crippen molar-refractivity contribution in [2.75, 3.05) is 0 Å². The number of benzene rings is 3. The van der Waals surface area contributed by atoms with Gasteiger partial charge >= 0.3 is 5.63 Å². The van der Waals surface area contributed by atoms with E-state index < -0.39 is 5.63 Å². The molecular weight excluding hydrogens is 310 g/mol. The maximum Gasteiger partial charge on any atom is 0.339 e. The minimum atomic E-state index is -0.406. The van der Waals surface area contributed by atoms with E-state index in [1.807, 2.05) is 72.8 Å². The van der Waals surface area contributed by atoms with Gasteiger partial charge in [0.05, 0.1) is 11.8 Å². The number of hydrogen-bond donors (Lipinski definition) is 0. The number of nitrogens with zero attached hydrogens (tertiary/aromatic N) is 1. The first-order valence-corrected chi connectivity index (χ1v) is 8.03. The summed E-state index contributed by atoms with van der Waals surface area (Å²) in [4.78, 5) is 16.4. The smallest absolute Gasteiger partial charge is 0.339 e. The molecule has 4 aromatic rings. The largest absolute Gasteiger partial charge is 0.404 e. The molecule has 0 aliphatic rings. The summed E-state index contributed by atoms with van der Waals surface area (Å²) in [6.07, 6.45) is 0. The molecule has 0 aliphatic heterocycles. The van der Waals surface area contributed by atoms with Gasteiger partial charge < -0.3 is 4.42 Å². The van der Waals surface area contributed by atoms with E-state index in [1.165, 1.54) is 6.07 Å². The van der Waals surface area contributed by atoms with Crippen LogP contribution in [-0.4, -0.2) is 4.98 Å². The van der Waals surface area contributed by atoms with E-state index in [2.05, 4.69) is 17.1 Å². The first-order chi connectivity index (χ1) is 12.3. The fourth-order valence-electron chi connectivity index (χ4n) is 2.72. The summed E-state index contributed by atoms with van der Waals surface area (Å²) in [6, 6.07) is 29.0. The van der Waals surface area contributed by atoms with Gasteiger partial charge in [-0.2, -0.15) is 0 Å². The van der Waals surface area contributed by atoms with Crippen LogP contribution in [0.4, 0.5) is 0 Å². The third-order valence-electron chi connectivity index (χ3n) is 3.98. The van der Waals surface area contributed by atoms with Gasteiger partial charge in [-0.05, 0) is 23.3 Å². The van der Waals surface area contributed by atoms with Crippen molar-refractivity contribution in [1.29, 1.82) is 0 Å². The highest BCUT2D eigenvalue weighted by atomic mass is 16.4. The third kappa shape index (κ3) is 3.26. The monoisotopic (exact) mass is 325 g/mol. The number of aromatic nitrogens is 1. The van der Waals surface area contributed by atoms with Crippen LogP contribution in [0, 0.1) is 0 Å². The minimum Gasteiger partial charge on any atom is -0.404 e.